The van der Waals surface area contributed by atoms with Crippen molar-refractivity contribution in [1.29, 1.82) is 0 Å². The zero-order chi connectivity index (χ0) is 29.9. The van der Waals surface area contributed by atoms with E-state index in [1.807, 2.05) is 38.1 Å². The maximum absolute atomic E-state index is 13.5. The van der Waals surface area contributed by atoms with Gasteiger partial charge in [0.15, 0.2) is 0 Å². The maximum atomic E-state index is 13.5. The van der Waals surface area contributed by atoms with E-state index >= 15 is 0 Å². The highest BCUT2D eigenvalue weighted by Crippen LogP contribution is 2.40. The average Bonchev–Trinajstić information content (AvgIpc) is 2.83. The van der Waals surface area contributed by atoms with Crippen LogP contribution in [0.2, 0.25) is 0 Å². The third-order valence-electron chi connectivity index (χ3n) is 5.57. The van der Waals surface area contributed by atoms with Gasteiger partial charge in [-0.2, -0.15) is 26.3 Å². The van der Waals surface area contributed by atoms with Crippen LogP contribution in [0, 0.1) is 6.92 Å². The summed E-state index contributed by atoms with van der Waals surface area (Å²) in [5, 5.41) is 17.3. The van der Waals surface area contributed by atoms with Gasteiger partial charge < -0.3 is 21.7 Å². The lowest BCUT2D eigenvalue weighted by molar-refractivity contribution is -0.255. The number of nitrogens with two attached hydrogens (primary N) is 2. The molecule has 6 N–H and O–H groups in total. The number of halogens is 6. The Morgan fingerprint density at radius 3 is 2.08 bits per heavy atom. The molecule has 0 radical (unpaired) electrons. The standard InChI is InChI=1S/C23H23F3N4O2.C2HF3O2/c1-12(2)14-5-4-6-15(9-14)19-20(27)29-11-18(30-19)17-10-16(8-7-13(17)3)22(32,21(28)31)23(24,25)26;3-2(4,5)1(6)7/h4-12,32H,1-3H3,(H2,27,29)(H2,28,31);(H,6,7). The van der Waals surface area contributed by atoms with Crippen molar-refractivity contribution in [3.8, 4) is 22.5 Å². The van der Waals surface area contributed by atoms with Crippen LogP contribution in [-0.2, 0) is 15.2 Å². The fraction of sp³-hybridized carbons (Fsp3) is 0.280. The van der Waals surface area contributed by atoms with Crippen molar-refractivity contribution < 1.29 is 46.1 Å². The molecule has 0 aliphatic rings. The van der Waals surface area contributed by atoms with E-state index in [0.29, 0.717) is 16.8 Å². The van der Waals surface area contributed by atoms with E-state index in [1.54, 1.807) is 6.92 Å². The van der Waals surface area contributed by atoms with E-state index in [-0.39, 0.29) is 23.0 Å². The third kappa shape index (κ3) is 6.82. The molecule has 1 atom stereocenters. The van der Waals surface area contributed by atoms with Crippen LogP contribution in [-0.4, -0.2) is 44.4 Å². The Morgan fingerprint density at radius 2 is 1.59 bits per heavy atom. The number of nitrogens with zero attached hydrogens (tertiary/aromatic N) is 2. The number of rotatable bonds is 5. The van der Waals surface area contributed by atoms with Gasteiger partial charge in [-0.25, -0.2) is 14.8 Å². The predicted molar refractivity (Wildman–Crippen MR) is 129 cm³/mol. The van der Waals surface area contributed by atoms with Crippen LogP contribution in [0.1, 0.15) is 36.5 Å². The second-order valence-corrected chi connectivity index (χ2v) is 8.67. The van der Waals surface area contributed by atoms with Crippen molar-refractivity contribution in [3.63, 3.8) is 0 Å². The molecule has 3 aromatic rings. The lowest BCUT2D eigenvalue weighted by Crippen LogP contribution is -2.52. The minimum atomic E-state index is -5.30. The number of carboxylic acid groups (broad SMARTS) is 1. The molecular weight excluding hydrogens is 534 g/mol. The van der Waals surface area contributed by atoms with Crippen LogP contribution in [0.25, 0.3) is 22.5 Å². The number of benzene rings is 2. The zero-order valence-electron chi connectivity index (χ0n) is 20.7. The topological polar surface area (TPSA) is 152 Å². The Balaban J connectivity index is 0.000000673. The molecule has 1 unspecified atom stereocenters. The van der Waals surface area contributed by atoms with E-state index in [4.69, 9.17) is 21.4 Å². The number of carbonyl (C=O) groups excluding carboxylic acids is 1. The Labute approximate surface area is 218 Å². The number of amides is 1. The number of carbonyl (C=O) groups is 2. The van der Waals surface area contributed by atoms with Gasteiger partial charge in [0.05, 0.1) is 11.9 Å². The zero-order valence-corrected chi connectivity index (χ0v) is 20.7. The third-order valence-corrected chi connectivity index (χ3v) is 5.57. The van der Waals surface area contributed by atoms with Gasteiger partial charge in [-0.15, -0.1) is 0 Å². The summed E-state index contributed by atoms with van der Waals surface area (Å²) < 4.78 is 72.3. The second kappa shape index (κ2) is 11.3. The molecule has 14 heteroatoms. The van der Waals surface area contributed by atoms with Gasteiger partial charge in [-0.05, 0) is 36.1 Å². The van der Waals surface area contributed by atoms with Gasteiger partial charge in [-0.3, -0.25) is 4.79 Å². The highest BCUT2D eigenvalue weighted by atomic mass is 19.4. The van der Waals surface area contributed by atoms with Crippen molar-refractivity contribution in [2.24, 2.45) is 5.73 Å². The summed E-state index contributed by atoms with van der Waals surface area (Å²) >= 11 is 0. The first-order chi connectivity index (χ1) is 17.8. The van der Waals surface area contributed by atoms with Gasteiger partial charge in [0.25, 0.3) is 11.5 Å². The number of aliphatic carboxylic acids is 1. The Kier molecular flexibility index (Phi) is 8.96. The number of hydrogen-bond acceptors (Lipinski definition) is 6. The van der Waals surface area contributed by atoms with E-state index in [0.717, 1.165) is 17.7 Å². The number of hydrogen-bond donors (Lipinski definition) is 4. The SMILES string of the molecule is Cc1ccc(C(O)(C(N)=O)C(F)(F)F)cc1-c1cnc(N)c(-c2cccc(C(C)C)c2)n1.O=C(O)C(F)(F)F. The summed E-state index contributed by atoms with van der Waals surface area (Å²) in [6, 6.07) is 11.0. The summed E-state index contributed by atoms with van der Waals surface area (Å²) in [6.07, 6.45) is -9.06. The Bertz CT molecular complexity index is 1380. The van der Waals surface area contributed by atoms with Crippen molar-refractivity contribution in [1.82, 2.24) is 9.97 Å². The quantitative estimate of drug-likeness (QED) is 0.332. The molecule has 0 saturated carbocycles. The number of anilines is 1. The first-order valence-corrected chi connectivity index (χ1v) is 11.0. The lowest BCUT2D eigenvalue weighted by Gasteiger charge is -2.28. The lowest BCUT2D eigenvalue weighted by atomic mass is 9.89. The monoisotopic (exact) mass is 558 g/mol. The van der Waals surface area contributed by atoms with Crippen molar-refractivity contribution in [3.05, 3.63) is 65.4 Å². The number of primary amides is 1. The summed E-state index contributed by atoms with van der Waals surface area (Å²) in [6.45, 7) is 5.74. The van der Waals surface area contributed by atoms with E-state index in [2.05, 4.69) is 9.97 Å². The van der Waals surface area contributed by atoms with E-state index < -0.39 is 35.4 Å². The van der Waals surface area contributed by atoms with Crippen molar-refractivity contribution >= 4 is 17.7 Å². The molecule has 0 fully saturated rings. The molecule has 0 spiro atoms. The molecule has 8 nitrogen and oxygen atoms in total. The van der Waals surface area contributed by atoms with Crippen LogP contribution >= 0.6 is 0 Å². The summed E-state index contributed by atoms with van der Waals surface area (Å²) in [5.41, 5.74) is 9.59. The summed E-state index contributed by atoms with van der Waals surface area (Å²) in [4.78, 5) is 29.2. The fourth-order valence-electron chi connectivity index (χ4n) is 3.35. The van der Waals surface area contributed by atoms with Crippen LogP contribution in [0.5, 0.6) is 0 Å². The van der Waals surface area contributed by atoms with Gasteiger partial charge in [-0.1, -0.05) is 44.2 Å². The molecule has 1 aromatic heterocycles. The second-order valence-electron chi connectivity index (χ2n) is 8.67. The summed E-state index contributed by atoms with van der Waals surface area (Å²) in [7, 11) is 0. The van der Waals surface area contributed by atoms with Crippen molar-refractivity contribution in [2.75, 3.05) is 5.73 Å². The first-order valence-electron chi connectivity index (χ1n) is 11.0. The van der Waals surface area contributed by atoms with Gasteiger partial charge in [0, 0.05) is 16.7 Å². The Hall–Kier alpha value is -4.20. The Morgan fingerprint density at radius 1 is 1.00 bits per heavy atom. The number of alkyl halides is 6. The fourth-order valence-corrected chi connectivity index (χ4v) is 3.35. The average molecular weight is 558 g/mol. The first kappa shape index (κ1) is 31.0. The highest BCUT2D eigenvalue weighted by molar-refractivity contribution is 5.86. The molecule has 0 bridgehead atoms. The normalized spacial score (nSPS) is 13.3. The minimum Gasteiger partial charge on any atom is -0.475 e. The predicted octanol–water partition coefficient (Wildman–Crippen LogP) is 4.69. The van der Waals surface area contributed by atoms with Gasteiger partial charge in [0.2, 0.25) is 0 Å². The van der Waals surface area contributed by atoms with Crippen LogP contribution < -0.4 is 11.5 Å². The highest BCUT2D eigenvalue weighted by Gasteiger charge is 2.60. The number of aromatic nitrogens is 2. The van der Waals surface area contributed by atoms with Crippen molar-refractivity contribution in [2.45, 2.75) is 44.6 Å². The molecule has 3 rings (SSSR count). The van der Waals surface area contributed by atoms with Gasteiger partial charge in [0.1, 0.15) is 11.5 Å². The maximum Gasteiger partial charge on any atom is 0.490 e. The molecule has 2 aromatic carbocycles. The molecule has 0 aliphatic heterocycles. The largest absolute Gasteiger partial charge is 0.490 e. The molecule has 0 saturated heterocycles. The van der Waals surface area contributed by atoms with Crippen LogP contribution in [0.3, 0.4) is 0 Å². The number of carboxylic acids is 1. The van der Waals surface area contributed by atoms with Gasteiger partial charge >= 0.3 is 18.3 Å². The number of aliphatic hydroxyl groups is 1. The molecular formula is C25H24F6N4O4. The smallest absolute Gasteiger partial charge is 0.475 e. The van der Waals surface area contributed by atoms with Crippen LogP contribution in [0.15, 0.2) is 48.7 Å². The van der Waals surface area contributed by atoms with E-state index in [9.17, 15) is 36.2 Å². The molecule has 210 valence electrons. The minimum absolute atomic E-state index is 0.160. The molecule has 1 amide bonds. The van der Waals surface area contributed by atoms with Crippen LogP contribution in [0.4, 0.5) is 32.2 Å². The summed E-state index contributed by atoms with van der Waals surface area (Å²) in [5.74, 6) is -4.26. The molecule has 0 aliphatic carbocycles. The number of aryl methyl sites for hydroxylation is 1. The number of nitrogen functional groups attached to an aromatic ring is 1. The molecule has 39 heavy (non-hydrogen) atoms. The van der Waals surface area contributed by atoms with E-state index in [1.165, 1.54) is 12.3 Å². The molecule has 1 heterocycles.